The highest BCUT2D eigenvalue weighted by atomic mass is 19.2. The molecule has 4 nitrogen and oxygen atoms in total. The highest BCUT2D eigenvalue weighted by Crippen LogP contribution is 2.28. The second kappa shape index (κ2) is 7.05. The number of urea groups is 1. The lowest BCUT2D eigenvalue weighted by Crippen LogP contribution is -2.45. The first-order chi connectivity index (χ1) is 11.5. The third-order valence-corrected chi connectivity index (χ3v) is 5.51. The first-order valence-electron chi connectivity index (χ1n) is 8.65. The molecule has 2 aliphatic heterocycles. The average Bonchev–Trinajstić information content (AvgIpc) is 2.80. The van der Waals surface area contributed by atoms with Gasteiger partial charge in [0.1, 0.15) is 0 Å². The Bertz CT molecular complexity index is 610. The highest BCUT2D eigenvalue weighted by Gasteiger charge is 2.35. The Labute approximate surface area is 141 Å². The Kier molecular flexibility index (Phi) is 5.04. The number of fused-ring (bicyclic) bond motifs is 2. The molecule has 24 heavy (non-hydrogen) atoms. The smallest absolute Gasteiger partial charge is 0.317 e. The van der Waals surface area contributed by atoms with Crippen LogP contribution in [0.3, 0.4) is 0 Å². The van der Waals surface area contributed by atoms with Gasteiger partial charge in [0.25, 0.3) is 0 Å². The van der Waals surface area contributed by atoms with Gasteiger partial charge >= 0.3 is 6.03 Å². The van der Waals surface area contributed by atoms with Gasteiger partial charge in [0.05, 0.1) is 0 Å². The van der Waals surface area contributed by atoms with E-state index in [1.165, 1.54) is 12.5 Å². The number of hydrogen-bond acceptors (Lipinski definition) is 2. The Morgan fingerprint density at radius 2 is 2.00 bits per heavy atom. The first kappa shape index (κ1) is 17.1. The van der Waals surface area contributed by atoms with Gasteiger partial charge in [0.15, 0.2) is 11.6 Å². The molecule has 2 saturated heterocycles. The van der Waals surface area contributed by atoms with Crippen LogP contribution < -0.4 is 5.32 Å². The quantitative estimate of drug-likeness (QED) is 0.920. The molecular weight excluding hydrogens is 312 g/mol. The SMILES string of the molecule is C[C@H](CNC(=O)N1CC[C@H]2CC[C@@H](C1)N2C)c1ccc(F)c(F)c1. The van der Waals surface area contributed by atoms with Crippen LogP contribution in [0, 0.1) is 11.6 Å². The summed E-state index contributed by atoms with van der Waals surface area (Å²) >= 11 is 0. The summed E-state index contributed by atoms with van der Waals surface area (Å²) in [5.41, 5.74) is 0.684. The lowest BCUT2D eigenvalue weighted by molar-refractivity contribution is 0.188. The number of nitrogens with zero attached hydrogens (tertiary/aromatic N) is 2. The number of carbonyl (C=O) groups excluding carboxylic acids is 1. The van der Waals surface area contributed by atoms with Crippen molar-refractivity contribution in [3.63, 3.8) is 0 Å². The minimum Gasteiger partial charge on any atom is -0.337 e. The Balaban J connectivity index is 1.54. The van der Waals surface area contributed by atoms with Crippen LogP contribution in [-0.4, -0.2) is 54.6 Å². The maximum atomic E-state index is 13.3. The molecule has 0 radical (unpaired) electrons. The molecule has 2 amide bonds. The van der Waals surface area contributed by atoms with E-state index in [0.29, 0.717) is 24.2 Å². The zero-order chi connectivity index (χ0) is 17.3. The van der Waals surface area contributed by atoms with E-state index >= 15 is 0 Å². The summed E-state index contributed by atoms with van der Waals surface area (Å²) in [7, 11) is 2.15. The fourth-order valence-electron chi connectivity index (χ4n) is 3.78. The molecule has 0 aromatic heterocycles. The second-order valence-corrected chi connectivity index (χ2v) is 7.05. The molecule has 132 valence electrons. The minimum atomic E-state index is -0.850. The molecule has 2 aliphatic rings. The number of halogens is 2. The molecule has 1 N–H and O–H groups in total. The molecule has 3 rings (SSSR count). The average molecular weight is 337 g/mol. The van der Waals surface area contributed by atoms with Crippen molar-refractivity contribution in [3.8, 4) is 0 Å². The molecule has 1 aromatic rings. The number of benzene rings is 1. The van der Waals surface area contributed by atoms with E-state index in [4.69, 9.17) is 0 Å². The predicted octanol–water partition coefficient (Wildman–Crippen LogP) is 2.95. The Morgan fingerprint density at radius 1 is 1.25 bits per heavy atom. The standard InChI is InChI=1S/C18H25F2N3O/c1-12(13-3-6-16(19)17(20)9-13)10-21-18(24)23-8-7-14-4-5-15(11-23)22(14)2/h3,6,9,12,14-15H,4-5,7-8,10-11H2,1-2H3,(H,21,24)/t12-,14-,15+/m1/s1. The Hall–Kier alpha value is -1.69. The lowest BCUT2D eigenvalue weighted by atomic mass is 10.0. The van der Waals surface area contributed by atoms with E-state index in [9.17, 15) is 13.6 Å². The van der Waals surface area contributed by atoms with Crippen molar-refractivity contribution in [1.29, 1.82) is 0 Å². The number of rotatable bonds is 3. The van der Waals surface area contributed by atoms with Gasteiger partial charge in [-0.1, -0.05) is 13.0 Å². The van der Waals surface area contributed by atoms with E-state index < -0.39 is 11.6 Å². The Morgan fingerprint density at radius 3 is 2.75 bits per heavy atom. The van der Waals surface area contributed by atoms with Gasteiger partial charge in [-0.15, -0.1) is 0 Å². The summed E-state index contributed by atoms with van der Waals surface area (Å²) in [4.78, 5) is 16.7. The fraction of sp³-hybridized carbons (Fsp3) is 0.611. The summed E-state index contributed by atoms with van der Waals surface area (Å²) < 4.78 is 26.3. The van der Waals surface area contributed by atoms with Gasteiger partial charge < -0.3 is 10.2 Å². The molecule has 0 saturated carbocycles. The molecule has 6 heteroatoms. The third kappa shape index (κ3) is 3.53. The van der Waals surface area contributed by atoms with E-state index in [0.717, 1.165) is 32.0 Å². The van der Waals surface area contributed by atoms with E-state index in [2.05, 4.69) is 17.3 Å². The van der Waals surface area contributed by atoms with E-state index in [-0.39, 0.29) is 11.9 Å². The molecule has 0 spiro atoms. The number of likely N-dealkylation sites (N-methyl/N-ethyl adjacent to an activating group) is 1. The van der Waals surface area contributed by atoms with Crippen molar-refractivity contribution < 1.29 is 13.6 Å². The number of likely N-dealkylation sites (tertiary alicyclic amines) is 1. The van der Waals surface area contributed by atoms with Crippen LogP contribution in [0.25, 0.3) is 0 Å². The van der Waals surface area contributed by atoms with Gasteiger partial charge in [-0.05, 0) is 49.9 Å². The maximum Gasteiger partial charge on any atom is 0.317 e. The fourth-order valence-corrected chi connectivity index (χ4v) is 3.78. The summed E-state index contributed by atoms with van der Waals surface area (Å²) in [6, 6.07) is 4.87. The van der Waals surface area contributed by atoms with Gasteiger partial charge in [-0.2, -0.15) is 0 Å². The molecule has 2 heterocycles. The van der Waals surface area contributed by atoms with Crippen LogP contribution in [0.15, 0.2) is 18.2 Å². The molecule has 1 aromatic carbocycles. The number of carbonyl (C=O) groups is 1. The van der Waals surface area contributed by atoms with Crippen LogP contribution in [0.2, 0.25) is 0 Å². The molecule has 3 atom stereocenters. The van der Waals surface area contributed by atoms with Gasteiger partial charge in [0.2, 0.25) is 0 Å². The molecular formula is C18H25F2N3O. The second-order valence-electron chi connectivity index (χ2n) is 7.05. The molecule has 2 bridgehead atoms. The van der Waals surface area contributed by atoms with Gasteiger partial charge in [0, 0.05) is 31.7 Å². The number of hydrogen-bond donors (Lipinski definition) is 1. The van der Waals surface area contributed by atoms with Gasteiger partial charge in [-0.25, -0.2) is 13.6 Å². The molecule has 2 fully saturated rings. The van der Waals surface area contributed by atoms with Crippen molar-refractivity contribution in [2.45, 2.75) is 44.2 Å². The normalized spacial score (nSPS) is 25.4. The van der Waals surface area contributed by atoms with Crippen LogP contribution in [0.4, 0.5) is 13.6 Å². The lowest BCUT2D eigenvalue weighted by Gasteiger charge is -2.26. The zero-order valence-electron chi connectivity index (χ0n) is 14.3. The largest absolute Gasteiger partial charge is 0.337 e. The highest BCUT2D eigenvalue weighted by molar-refractivity contribution is 5.74. The van der Waals surface area contributed by atoms with Crippen molar-refractivity contribution in [3.05, 3.63) is 35.4 Å². The van der Waals surface area contributed by atoms with Crippen molar-refractivity contribution in [2.24, 2.45) is 0 Å². The topological polar surface area (TPSA) is 35.6 Å². The van der Waals surface area contributed by atoms with Crippen LogP contribution in [-0.2, 0) is 0 Å². The monoisotopic (exact) mass is 337 g/mol. The van der Waals surface area contributed by atoms with E-state index in [1.807, 2.05) is 11.8 Å². The van der Waals surface area contributed by atoms with Crippen molar-refractivity contribution in [1.82, 2.24) is 15.1 Å². The maximum absolute atomic E-state index is 13.3. The van der Waals surface area contributed by atoms with Crippen molar-refractivity contribution in [2.75, 3.05) is 26.7 Å². The van der Waals surface area contributed by atoms with Crippen LogP contribution >= 0.6 is 0 Å². The van der Waals surface area contributed by atoms with Crippen LogP contribution in [0.1, 0.15) is 37.7 Å². The van der Waals surface area contributed by atoms with E-state index in [1.54, 1.807) is 6.07 Å². The number of nitrogens with one attached hydrogen (secondary N) is 1. The number of amides is 2. The van der Waals surface area contributed by atoms with Crippen molar-refractivity contribution >= 4 is 6.03 Å². The minimum absolute atomic E-state index is 0.0645. The molecule has 0 aliphatic carbocycles. The molecule has 0 unspecified atom stereocenters. The predicted molar refractivity (Wildman–Crippen MR) is 88.9 cm³/mol. The first-order valence-corrected chi connectivity index (χ1v) is 8.65. The third-order valence-electron chi connectivity index (χ3n) is 5.51. The van der Waals surface area contributed by atoms with Gasteiger partial charge in [-0.3, -0.25) is 4.90 Å². The summed E-state index contributed by atoms with van der Waals surface area (Å²) in [6.07, 6.45) is 3.39. The van der Waals surface area contributed by atoms with Crippen LogP contribution in [0.5, 0.6) is 0 Å². The zero-order valence-corrected chi connectivity index (χ0v) is 14.3. The summed E-state index contributed by atoms with van der Waals surface area (Å²) in [5.74, 6) is -1.77. The summed E-state index contributed by atoms with van der Waals surface area (Å²) in [6.45, 7) is 3.84. The summed E-state index contributed by atoms with van der Waals surface area (Å²) in [5, 5.41) is 2.94.